The summed E-state index contributed by atoms with van der Waals surface area (Å²) in [5.74, 6) is 0.829. The van der Waals surface area contributed by atoms with Crippen molar-refractivity contribution in [1.82, 2.24) is 10.3 Å². The molecule has 0 aliphatic heterocycles. The Hall–Kier alpha value is -1.35. The Morgan fingerprint density at radius 3 is 3.07 bits per heavy atom. The van der Waals surface area contributed by atoms with Crippen LogP contribution in [0.15, 0.2) is 24.4 Å². The molecule has 1 rings (SSSR count). The molecule has 0 spiro atoms. The monoisotopic (exact) mass is 206 g/mol. The first kappa shape index (κ1) is 11.7. The lowest BCUT2D eigenvalue weighted by Crippen LogP contribution is -2.06. The highest BCUT2D eigenvalue weighted by molar-refractivity contribution is 5.65. The first-order chi connectivity index (χ1) is 7.29. The topological polar surface area (TPSA) is 34.2 Å². The van der Waals surface area contributed by atoms with Crippen LogP contribution in [0, 0.1) is 0 Å². The molecule has 1 aromatic rings. The fourth-order valence-electron chi connectivity index (χ4n) is 1.38. The molecule has 0 aliphatic rings. The maximum atomic E-state index is 5.25. The summed E-state index contributed by atoms with van der Waals surface area (Å²) in [6.07, 6.45) is 4.96. The van der Waals surface area contributed by atoms with Crippen molar-refractivity contribution < 1.29 is 4.74 Å². The first-order valence-electron chi connectivity index (χ1n) is 5.10. The highest BCUT2D eigenvalue weighted by atomic mass is 16.5. The van der Waals surface area contributed by atoms with Crippen LogP contribution in [0.4, 0.5) is 0 Å². The molecule has 0 amide bonds. The molecule has 0 atom stereocenters. The second-order valence-corrected chi connectivity index (χ2v) is 3.33. The Morgan fingerprint density at radius 1 is 1.60 bits per heavy atom. The van der Waals surface area contributed by atoms with Crippen LogP contribution in [0.25, 0.3) is 5.57 Å². The summed E-state index contributed by atoms with van der Waals surface area (Å²) in [5, 5.41) is 3.11. The van der Waals surface area contributed by atoms with Gasteiger partial charge in [0, 0.05) is 6.20 Å². The number of methoxy groups -OCH3 is 1. The summed E-state index contributed by atoms with van der Waals surface area (Å²) in [6.45, 7) is 3.03. The molecule has 3 nitrogen and oxygen atoms in total. The van der Waals surface area contributed by atoms with Gasteiger partial charge in [-0.15, -0.1) is 0 Å². The molecule has 3 heteroatoms. The van der Waals surface area contributed by atoms with Gasteiger partial charge in [-0.2, -0.15) is 0 Å². The van der Waals surface area contributed by atoms with Gasteiger partial charge >= 0.3 is 0 Å². The van der Waals surface area contributed by atoms with Crippen molar-refractivity contribution in [3.63, 3.8) is 0 Å². The first-order valence-corrected chi connectivity index (χ1v) is 5.10. The van der Waals surface area contributed by atoms with E-state index >= 15 is 0 Å². The van der Waals surface area contributed by atoms with Gasteiger partial charge in [-0.05, 0) is 44.6 Å². The van der Waals surface area contributed by atoms with Crippen molar-refractivity contribution in [3.05, 3.63) is 30.1 Å². The Kier molecular flexibility index (Phi) is 4.84. The molecule has 0 radical (unpaired) electrons. The van der Waals surface area contributed by atoms with E-state index in [1.165, 1.54) is 0 Å². The van der Waals surface area contributed by atoms with Gasteiger partial charge in [0.2, 0.25) is 0 Å². The van der Waals surface area contributed by atoms with E-state index in [0.29, 0.717) is 0 Å². The van der Waals surface area contributed by atoms with Crippen LogP contribution >= 0.6 is 0 Å². The quantitative estimate of drug-likeness (QED) is 0.749. The van der Waals surface area contributed by atoms with E-state index in [2.05, 4.69) is 23.3 Å². The van der Waals surface area contributed by atoms with Crippen LogP contribution in [-0.2, 0) is 0 Å². The molecule has 0 saturated carbocycles. The van der Waals surface area contributed by atoms with Gasteiger partial charge in [0.25, 0.3) is 0 Å². The number of nitrogens with one attached hydrogen (secondary N) is 1. The van der Waals surface area contributed by atoms with E-state index in [4.69, 9.17) is 4.74 Å². The van der Waals surface area contributed by atoms with Crippen molar-refractivity contribution in [1.29, 1.82) is 0 Å². The van der Waals surface area contributed by atoms with E-state index in [1.807, 2.05) is 19.2 Å². The molecular weight excluding hydrogens is 188 g/mol. The van der Waals surface area contributed by atoms with Crippen LogP contribution in [0.3, 0.4) is 0 Å². The predicted octanol–water partition coefficient (Wildman–Crippen LogP) is 2.10. The summed E-state index contributed by atoms with van der Waals surface area (Å²) in [6, 6.07) is 3.81. The van der Waals surface area contributed by atoms with Crippen molar-refractivity contribution in [2.75, 3.05) is 20.7 Å². The minimum absolute atomic E-state index is 0.829. The van der Waals surface area contributed by atoms with Crippen LogP contribution in [0.5, 0.6) is 5.75 Å². The Morgan fingerprint density at radius 2 is 2.40 bits per heavy atom. The zero-order valence-electron chi connectivity index (χ0n) is 9.58. The summed E-state index contributed by atoms with van der Waals surface area (Å²) < 4.78 is 5.25. The molecule has 1 heterocycles. The van der Waals surface area contributed by atoms with E-state index in [1.54, 1.807) is 13.3 Å². The van der Waals surface area contributed by atoms with Crippen LogP contribution in [0.2, 0.25) is 0 Å². The average Bonchev–Trinajstić information content (AvgIpc) is 2.29. The lowest BCUT2D eigenvalue weighted by atomic mass is 10.1. The third-order valence-corrected chi connectivity index (χ3v) is 2.21. The number of hydrogen-bond donors (Lipinski definition) is 1. The number of pyridine rings is 1. The van der Waals surface area contributed by atoms with Crippen molar-refractivity contribution in [2.24, 2.45) is 0 Å². The summed E-state index contributed by atoms with van der Waals surface area (Å²) >= 11 is 0. The van der Waals surface area contributed by atoms with Gasteiger partial charge in [0.15, 0.2) is 0 Å². The van der Waals surface area contributed by atoms with E-state index in [0.717, 1.165) is 30.0 Å². The maximum Gasteiger partial charge on any atom is 0.144 e. The van der Waals surface area contributed by atoms with Gasteiger partial charge < -0.3 is 10.1 Å². The fraction of sp³-hybridized carbons (Fsp3) is 0.417. The maximum absolute atomic E-state index is 5.25. The molecule has 82 valence electrons. The molecule has 0 aromatic carbocycles. The third kappa shape index (κ3) is 3.36. The number of rotatable bonds is 5. The minimum Gasteiger partial charge on any atom is -0.494 e. The largest absolute Gasteiger partial charge is 0.494 e. The van der Waals surface area contributed by atoms with Crippen molar-refractivity contribution >= 4 is 5.57 Å². The Labute approximate surface area is 91.2 Å². The van der Waals surface area contributed by atoms with Gasteiger partial charge in [-0.3, -0.25) is 4.98 Å². The highest BCUT2D eigenvalue weighted by Crippen LogP contribution is 2.22. The second kappa shape index (κ2) is 6.19. The summed E-state index contributed by atoms with van der Waals surface area (Å²) in [7, 11) is 3.62. The number of allylic oxidation sites excluding steroid dienone is 1. The molecule has 1 N–H and O–H groups in total. The molecule has 15 heavy (non-hydrogen) atoms. The van der Waals surface area contributed by atoms with Gasteiger partial charge in [-0.25, -0.2) is 0 Å². The molecule has 0 aliphatic carbocycles. The Balaban J connectivity index is 2.80. The third-order valence-electron chi connectivity index (χ3n) is 2.21. The molecule has 1 aromatic heterocycles. The minimum atomic E-state index is 0.829. The summed E-state index contributed by atoms with van der Waals surface area (Å²) in [4.78, 5) is 4.31. The van der Waals surface area contributed by atoms with Crippen LogP contribution < -0.4 is 10.1 Å². The van der Waals surface area contributed by atoms with Crippen LogP contribution in [-0.4, -0.2) is 25.7 Å². The zero-order chi connectivity index (χ0) is 11.1. The standard InChI is InChI=1S/C12H18N2O/c1-10(6-4-8-13-2)12-11(15-3)7-5-9-14-12/h5-7,9,13H,4,8H2,1-3H3/b10-6-. The smallest absolute Gasteiger partial charge is 0.144 e. The SMILES string of the molecule is CNCC/C=C(/C)c1ncccc1OC. The lowest BCUT2D eigenvalue weighted by molar-refractivity contribution is 0.411. The number of ether oxygens (including phenoxy) is 1. The normalized spacial score (nSPS) is 11.5. The highest BCUT2D eigenvalue weighted by Gasteiger charge is 2.04. The van der Waals surface area contributed by atoms with Crippen molar-refractivity contribution in [3.8, 4) is 5.75 Å². The Bertz CT molecular complexity index is 334. The van der Waals surface area contributed by atoms with Crippen LogP contribution in [0.1, 0.15) is 19.0 Å². The second-order valence-electron chi connectivity index (χ2n) is 3.33. The van der Waals surface area contributed by atoms with Gasteiger partial charge in [-0.1, -0.05) is 6.08 Å². The lowest BCUT2D eigenvalue weighted by Gasteiger charge is -2.07. The van der Waals surface area contributed by atoms with Gasteiger partial charge in [0.05, 0.1) is 7.11 Å². The molecule has 0 saturated heterocycles. The average molecular weight is 206 g/mol. The number of nitrogens with zero attached hydrogens (tertiary/aromatic N) is 1. The summed E-state index contributed by atoms with van der Waals surface area (Å²) in [5.41, 5.74) is 2.08. The molecule has 0 bridgehead atoms. The van der Waals surface area contributed by atoms with E-state index in [9.17, 15) is 0 Å². The number of aromatic nitrogens is 1. The van der Waals surface area contributed by atoms with E-state index < -0.39 is 0 Å². The fourth-order valence-corrected chi connectivity index (χ4v) is 1.38. The number of hydrogen-bond acceptors (Lipinski definition) is 3. The molecule has 0 fully saturated rings. The predicted molar refractivity (Wildman–Crippen MR) is 63.0 cm³/mol. The van der Waals surface area contributed by atoms with E-state index in [-0.39, 0.29) is 0 Å². The molecule has 0 unspecified atom stereocenters. The zero-order valence-corrected chi connectivity index (χ0v) is 9.58. The van der Waals surface area contributed by atoms with Crippen molar-refractivity contribution in [2.45, 2.75) is 13.3 Å². The molecular formula is C12H18N2O. The van der Waals surface area contributed by atoms with Gasteiger partial charge in [0.1, 0.15) is 11.4 Å².